The van der Waals surface area contributed by atoms with Crippen molar-refractivity contribution in [1.29, 1.82) is 0 Å². The summed E-state index contributed by atoms with van der Waals surface area (Å²) in [5.41, 5.74) is 0.0804. The van der Waals surface area contributed by atoms with Crippen LogP contribution in [0.4, 0.5) is 0 Å². The fraction of sp³-hybridized carbons (Fsp3) is 0.562. The Labute approximate surface area is 134 Å². The number of aromatic carboxylic acids is 1. The molecular formula is C16H22N2O5. The van der Waals surface area contributed by atoms with Crippen molar-refractivity contribution in [2.75, 3.05) is 0 Å². The zero-order chi connectivity index (χ0) is 17.0. The highest BCUT2D eigenvalue weighted by Crippen LogP contribution is 2.24. The van der Waals surface area contributed by atoms with Crippen LogP contribution in [0.15, 0.2) is 10.5 Å². The fourth-order valence-electron chi connectivity index (χ4n) is 2.76. The molecule has 1 aliphatic rings. The fourth-order valence-corrected chi connectivity index (χ4v) is 2.76. The van der Waals surface area contributed by atoms with Gasteiger partial charge in [0.05, 0.1) is 6.54 Å². The van der Waals surface area contributed by atoms with Gasteiger partial charge in [0.1, 0.15) is 23.1 Å². The number of carboxylic acids is 1. The van der Waals surface area contributed by atoms with Gasteiger partial charge in [-0.3, -0.25) is 9.59 Å². The van der Waals surface area contributed by atoms with E-state index in [-0.39, 0.29) is 29.8 Å². The smallest absolute Gasteiger partial charge is 0.339 e. The van der Waals surface area contributed by atoms with Gasteiger partial charge in [-0.05, 0) is 32.8 Å². The van der Waals surface area contributed by atoms with Crippen molar-refractivity contribution in [1.82, 2.24) is 10.6 Å². The van der Waals surface area contributed by atoms with Crippen LogP contribution < -0.4 is 10.6 Å². The molecule has 0 saturated heterocycles. The van der Waals surface area contributed by atoms with Gasteiger partial charge in [0.15, 0.2) is 0 Å². The maximum atomic E-state index is 12.0. The van der Waals surface area contributed by atoms with Crippen molar-refractivity contribution in [2.45, 2.75) is 52.1 Å². The summed E-state index contributed by atoms with van der Waals surface area (Å²) in [6, 6.07) is 0.748. The van der Waals surface area contributed by atoms with E-state index in [1.165, 1.54) is 6.07 Å². The molecule has 1 atom stereocenters. The van der Waals surface area contributed by atoms with Crippen molar-refractivity contribution in [3.05, 3.63) is 23.2 Å². The van der Waals surface area contributed by atoms with Gasteiger partial charge in [-0.1, -0.05) is 12.8 Å². The van der Waals surface area contributed by atoms with Gasteiger partial charge in [0, 0.05) is 5.92 Å². The maximum absolute atomic E-state index is 12.0. The highest BCUT2D eigenvalue weighted by Gasteiger charge is 2.25. The number of hydrogen-bond acceptors (Lipinski definition) is 4. The van der Waals surface area contributed by atoms with E-state index in [1.54, 1.807) is 13.8 Å². The molecule has 2 amide bonds. The Morgan fingerprint density at radius 3 is 2.57 bits per heavy atom. The number of hydrogen-bond donors (Lipinski definition) is 3. The lowest BCUT2D eigenvalue weighted by atomic mass is 10.1. The van der Waals surface area contributed by atoms with Crippen LogP contribution in [0.3, 0.4) is 0 Å². The quantitative estimate of drug-likeness (QED) is 0.737. The number of rotatable bonds is 6. The van der Waals surface area contributed by atoms with Crippen LogP contribution >= 0.6 is 0 Å². The second-order valence-electron chi connectivity index (χ2n) is 5.92. The van der Waals surface area contributed by atoms with E-state index in [0.717, 1.165) is 25.7 Å². The molecule has 126 valence electrons. The molecule has 2 rings (SSSR count). The number of amides is 2. The number of carbonyl (C=O) groups excluding carboxylic acids is 2. The number of carboxylic acid groups (broad SMARTS) is 1. The highest BCUT2D eigenvalue weighted by atomic mass is 16.4. The summed E-state index contributed by atoms with van der Waals surface area (Å²) in [6.45, 7) is 3.26. The molecule has 7 heteroatoms. The summed E-state index contributed by atoms with van der Waals surface area (Å²) < 4.78 is 5.29. The Morgan fingerprint density at radius 1 is 1.35 bits per heavy atom. The first-order valence-electron chi connectivity index (χ1n) is 7.79. The third kappa shape index (κ3) is 4.34. The second kappa shape index (κ2) is 7.30. The minimum atomic E-state index is -1.07. The number of nitrogens with one attached hydrogen (secondary N) is 2. The Hall–Kier alpha value is -2.31. The molecule has 0 bridgehead atoms. The Bertz CT molecular complexity index is 602. The molecule has 0 radical (unpaired) electrons. The van der Waals surface area contributed by atoms with E-state index in [1.807, 2.05) is 0 Å². The van der Waals surface area contributed by atoms with Gasteiger partial charge in [-0.15, -0.1) is 0 Å². The predicted molar refractivity (Wildman–Crippen MR) is 81.8 cm³/mol. The normalized spacial score (nSPS) is 16.1. The molecule has 1 heterocycles. The zero-order valence-electron chi connectivity index (χ0n) is 13.3. The molecule has 23 heavy (non-hydrogen) atoms. The molecular weight excluding hydrogens is 300 g/mol. The van der Waals surface area contributed by atoms with Crippen LogP contribution in [-0.4, -0.2) is 28.9 Å². The van der Waals surface area contributed by atoms with Gasteiger partial charge < -0.3 is 20.2 Å². The van der Waals surface area contributed by atoms with Crippen molar-refractivity contribution in [3.63, 3.8) is 0 Å². The van der Waals surface area contributed by atoms with Crippen LogP contribution in [-0.2, 0) is 16.1 Å². The van der Waals surface area contributed by atoms with Crippen LogP contribution in [0.5, 0.6) is 0 Å². The molecule has 0 aliphatic heterocycles. The third-order valence-corrected chi connectivity index (χ3v) is 4.11. The molecule has 7 nitrogen and oxygen atoms in total. The number of furan rings is 1. The first-order chi connectivity index (χ1) is 10.9. The molecule has 1 fully saturated rings. The monoisotopic (exact) mass is 322 g/mol. The van der Waals surface area contributed by atoms with Gasteiger partial charge in [-0.2, -0.15) is 0 Å². The standard InChI is InChI=1S/C16H22N2O5/c1-9(18-15(20)11-5-3-4-6-11)14(19)17-8-12-7-13(16(21)22)10(2)23-12/h7,9,11H,3-6,8H2,1-2H3,(H,17,19)(H,18,20)(H,21,22). The molecule has 1 saturated carbocycles. The lowest BCUT2D eigenvalue weighted by molar-refractivity contribution is -0.130. The maximum Gasteiger partial charge on any atom is 0.339 e. The topological polar surface area (TPSA) is 109 Å². The summed E-state index contributed by atoms with van der Waals surface area (Å²) in [5.74, 6) is -0.807. The summed E-state index contributed by atoms with van der Waals surface area (Å²) in [6.07, 6.45) is 3.87. The molecule has 1 aromatic rings. The summed E-state index contributed by atoms with van der Waals surface area (Å²) in [5, 5.41) is 14.3. The van der Waals surface area contributed by atoms with E-state index in [4.69, 9.17) is 9.52 Å². The third-order valence-electron chi connectivity index (χ3n) is 4.11. The van der Waals surface area contributed by atoms with E-state index >= 15 is 0 Å². The Balaban J connectivity index is 1.82. The lowest BCUT2D eigenvalue weighted by Crippen LogP contribution is -2.46. The van der Waals surface area contributed by atoms with E-state index in [2.05, 4.69) is 10.6 Å². The molecule has 3 N–H and O–H groups in total. The second-order valence-corrected chi connectivity index (χ2v) is 5.92. The molecule has 0 aromatic carbocycles. The number of aryl methyl sites for hydroxylation is 1. The SMILES string of the molecule is Cc1oc(CNC(=O)C(C)NC(=O)C2CCCC2)cc1C(=O)O. The molecule has 1 aliphatic carbocycles. The first-order valence-corrected chi connectivity index (χ1v) is 7.79. The minimum absolute atomic E-state index is 0.0103. The first kappa shape index (κ1) is 17.1. The Morgan fingerprint density at radius 2 is 2.00 bits per heavy atom. The predicted octanol–water partition coefficient (Wildman–Crippen LogP) is 1.60. The van der Waals surface area contributed by atoms with Gasteiger partial charge in [-0.25, -0.2) is 4.79 Å². The van der Waals surface area contributed by atoms with Crippen molar-refractivity contribution < 1.29 is 23.9 Å². The van der Waals surface area contributed by atoms with Gasteiger partial charge in [0.2, 0.25) is 11.8 Å². The average molecular weight is 322 g/mol. The molecule has 0 spiro atoms. The van der Waals surface area contributed by atoms with Crippen molar-refractivity contribution >= 4 is 17.8 Å². The van der Waals surface area contributed by atoms with E-state index < -0.39 is 12.0 Å². The minimum Gasteiger partial charge on any atom is -0.478 e. The van der Waals surface area contributed by atoms with E-state index in [9.17, 15) is 14.4 Å². The van der Waals surface area contributed by atoms with Crippen LogP contribution in [0.2, 0.25) is 0 Å². The average Bonchev–Trinajstić information content (AvgIpc) is 3.13. The lowest BCUT2D eigenvalue weighted by Gasteiger charge is -2.16. The van der Waals surface area contributed by atoms with E-state index in [0.29, 0.717) is 11.5 Å². The van der Waals surface area contributed by atoms with Gasteiger partial charge >= 0.3 is 5.97 Å². The van der Waals surface area contributed by atoms with Crippen LogP contribution in [0, 0.1) is 12.8 Å². The highest BCUT2D eigenvalue weighted by molar-refractivity contribution is 5.89. The molecule has 1 aromatic heterocycles. The number of carbonyl (C=O) groups is 3. The van der Waals surface area contributed by atoms with Crippen LogP contribution in [0.1, 0.15) is 54.5 Å². The summed E-state index contributed by atoms with van der Waals surface area (Å²) >= 11 is 0. The Kier molecular flexibility index (Phi) is 5.41. The van der Waals surface area contributed by atoms with Gasteiger partial charge in [0.25, 0.3) is 0 Å². The van der Waals surface area contributed by atoms with Crippen molar-refractivity contribution in [2.24, 2.45) is 5.92 Å². The largest absolute Gasteiger partial charge is 0.478 e. The summed E-state index contributed by atoms with van der Waals surface area (Å²) in [7, 11) is 0. The zero-order valence-corrected chi connectivity index (χ0v) is 13.3. The molecule has 1 unspecified atom stereocenters. The summed E-state index contributed by atoms with van der Waals surface area (Å²) in [4.78, 5) is 34.9. The van der Waals surface area contributed by atoms with Crippen LogP contribution in [0.25, 0.3) is 0 Å². The van der Waals surface area contributed by atoms with Crippen molar-refractivity contribution in [3.8, 4) is 0 Å².